The van der Waals surface area contributed by atoms with Crippen LogP contribution in [-0.4, -0.2) is 45.7 Å². The number of carboxylic acids is 1. The maximum Gasteiger partial charge on any atom is 0.303 e. The second-order valence-electron chi connectivity index (χ2n) is 4.00. The highest BCUT2D eigenvalue weighted by Gasteiger charge is 2.16. The molecule has 20 heavy (non-hydrogen) atoms. The van der Waals surface area contributed by atoms with Crippen molar-refractivity contribution in [3.63, 3.8) is 0 Å². The first-order chi connectivity index (χ1) is 9.13. The molecule has 0 aliphatic carbocycles. The van der Waals surface area contributed by atoms with E-state index in [-0.39, 0.29) is 29.3 Å². The van der Waals surface area contributed by atoms with Gasteiger partial charge in [-0.3, -0.25) is 4.79 Å². The molecule has 0 aliphatic heterocycles. The lowest BCUT2D eigenvalue weighted by Gasteiger charge is -2.06. The molecule has 10 heteroatoms. The summed E-state index contributed by atoms with van der Waals surface area (Å²) in [4.78, 5) is 13.7. The summed E-state index contributed by atoms with van der Waals surface area (Å²) in [5.74, 6) is -1.01. The SMILES string of the molecule is CS(=O)(=O)c1ccc(S(=O)(=O)NCCCC(=O)O)cn1. The number of hydrogen-bond donors (Lipinski definition) is 2. The van der Waals surface area contributed by atoms with E-state index in [2.05, 4.69) is 9.71 Å². The van der Waals surface area contributed by atoms with Gasteiger partial charge in [-0.25, -0.2) is 26.5 Å². The number of aliphatic carboxylic acids is 1. The van der Waals surface area contributed by atoms with Gasteiger partial charge in [0, 0.05) is 25.4 Å². The van der Waals surface area contributed by atoms with Crippen molar-refractivity contribution in [2.24, 2.45) is 0 Å². The minimum absolute atomic E-state index is 0.0253. The van der Waals surface area contributed by atoms with E-state index in [9.17, 15) is 21.6 Å². The Morgan fingerprint density at radius 3 is 2.40 bits per heavy atom. The van der Waals surface area contributed by atoms with Crippen LogP contribution in [0.4, 0.5) is 0 Å². The molecule has 1 aromatic heterocycles. The fourth-order valence-electron chi connectivity index (χ4n) is 1.27. The van der Waals surface area contributed by atoms with E-state index in [4.69, 9.17) is 5.11 Å². The van der Waals surface area contributed by atoms with Crippen molar-refractivity contribution >= 4 is 25.8 Å². The van der Waals surface area contributed by atoms with Gasteiger partial charge in [-0.15, -0.1) is 0 Å². The summed E-state index contributed by atoms with van der Waals surface area (Å²) in [7, 11) is -7.31. The third-order valence-corrected chi connectivity index (χ3v) is 4.71. The van der Waals surface area contributed by atoms with Crippen LogP contribution in [0, 0.1) is 0 Å². The van der Waals surface area contributed by atoms with Crippen LogP contribution in [0.1, 0.15) is 12.8 Å². The molecule has 0 bridgehead atoms. The molecule has 0 atom stereocenters. The number of pyridine rings is 1. The number of rotatable bonds is 7. The molecule has 0 aliphatic rings. The van der Waals surface area contributed by atoms with Gasteiger partial charge in [0.25, 0.3) is 0 Å². The fourth-order valence-corrected chi connectivity index (χ4v) is 2.85. The number of carbonyl (C=O) groups is 1. The summed E-state index contributed by atoms with van der Waals surface area (Å²) < 4.78 is 48.2. The molecule has 0 amide bonds. The topological polar surface area (TPSA) is 130 Å². The van der Waals surface area contributed by atoms with Crippen LogP contribution < -0.4 is 4.72 Å². The van der Waals surface area contributed by atoms with E-state index in [1.807, 2.05) is 0 Å². The maximum atomic E-state index is 11.8. The van der Waals surface area contributed by atoms with Gasteiger partial charge in [-0.1, -0.05) is 0 Å². The summed E-state index contributed by atoms with van der Waals surface area (Å²) in [6.45, 7) is -0.0253. The van der Waals surface area contributed by atoms with Gasteiger partial charge in [0.15, 0.2) is 14.9 Å². The first-order valence-corrected chi connectivity index (χ1v) is 8.88. The molecule has 1 heterocycles. The van der Waals surface area contributed by atoms with Crippen LogP contribution in [0.2, 0.25) is 0 Å². The van der Waals surface area contributed by atoms with Crippen LogP contribution in [0.15, 0.2) is 28.3 Å². The average molecular weight is 322 g/mol. The van der Waals surface area contributed by atoms with Crippen LogP contribution in [0.3, 0.4) is 0 Å². The molecule has 0 saturated heterocycles. The zero-order valence-corrected chi connectivity index (χ0v) is 12.2. The van der Waals surface area contributed by atoms with E-state index < -0.39 is 25.8 Å². The van der Waals surface area contributed by atoms with Crippen LogP contribution in [0.5, 0.6) is 0 Å². The Morgan fingerprint density at radius 1 is 1.30 bits per heavy atom. The molecule has 1 rings (SSSR count). The Balaban J connectivity index is 2.76. The number of sulfonamides is 1. The molecule has 0 fully saturated rings. The van der Waals surface area contributed by atoms with Crippen LogP contribution >= 0.6 is 0 Å². The summed E-state index contributed by atoms with van der Waals surface area (Å²) in [5, 5.41) is 8.20. The molecule has 112 valence electrons. The predicted octanol–water partition coefficient (Wildman–Crippen LogP) is -0.372. The number of nitrogens with zero attached hydrogens (tertiary/aromatic N) is 1. The van der Waals surface area contributed by atoms with Crippen molar-refractivity contribution < 1.29 is 26.7 Å². The highest BCUT2D eigenvalue weighted by Crippen LogP contribution is 2.11. The van der Waals surface area contributed by atoms with Crippen molar-refractivity contribution in [1.82, 2.24) is 9.71 Å². The average Bonchev–Trinajstić information content (AvgIpc) is 2.34. The third kappa shape index (κ3) is 4.87. The highest BCUT2D eigenvalue weighted by molar-refractivity contribution is 7.90. The van der Waals surface area contributed by atoms with Crippen molar-refractivity contribution in [3.05, 3.63) is 18.3 Å². The molecule has 0 spiro atoms. The standard InChI is InChI=1S/C10H14N2O6S2/c1-19(15,16)9-5-4-8(7-11-9)20(17,18)12-6-2-3-10(13)14/h4-5,7,12H,2-3,6H2,1H3,(H,13,14). The van der Waals surface area contributed by atoms with E-state index >= 15 is 0 Å². The summed E-state index contributed by atoms with van der Waals surface area (Å²) >= 11 is 0. The molecule has 1 aromatic rings. The van der Waals surface area contributed by atoms with E-state index in [0.29, 0.717) is 0 Å². The smallest absolute Gasteiger partial charge is 0.303 e. The maximum absolute atomic E-state index is 11.8. The first kappa shape index (κ1) is 16.5. The Kier molecular flexibility index (Phi) is 5.20. The molecule has 2 N–H and O–H groups in total. The van der Waals surface area contributed by atoms with Crippen LogP contribution in [0.25, 0.3) is 0 Å². The lowest BCUT2D eigenvalue weighted by molar-refractivity contribution is -0.137. The third-order valence-electron chi connectivity index (χ3n) is 2.26. The molecule has 0 unspecified atom stereocenters. The largest absolute Gasteiger partial charge is 0.481 e. The Hall–Kier alpha value is -1.52. The van der Waals surface area contributed by atoms with E-state index in [1.165, 1.54) is 0 Å². The second-order valence-corrected chi connectivity index (χ2v) is 7.73. The second kappa shape index (κ2) is 6.29. The summed E-state index contributed by atoms with van der Waals surface area (Å²) in [6, 6.07) is 2.23. The van der Waals surface area contributed by atoms with Crippen LogP contribution in [-0.2, 0) is 24.7 Å². The van der Waals surface area contributed by atoms with E-state index in [1.54, 1.807) is 0 Å². The van der Waals surface area contributed by atoms with E-state index in [0.717, 1.165) is 24.6 Å². The quantitative estimate of drug-likeness (QED) is 0.655. The van der Waals surface area contributed by atoms with Gasteiger partial charge in [-0.05, 0) is 18.6 Å². The highest BCUT2D eigenvalue weighted by atomic mass is 32.2. The fraction of sp³-hybridized carbons (Fsp3) is 0.400. The van der Waals surface area contributed by atoms with Gasteiger partial charge in [0.2, 0.25) is 10.0 Å². The number of sulfone groups is 1. The van der Waals surface area contributed by atoms with Gasteiger partial charge in [0.05, 0.1) is 0 Å². The lowest BCUT2D eigenvalue weighted by atomic mass is 10.3. The zero-order chi connectivity index (χ0) is 15.4. The molecule has 0 radical (unpaired) electrons. The number of nitrogens with one attached hydrogen (secondary N) is 1. The molecular weight excluding hydrogens is 308 g/mol. The Labute approximate surface area is 116 Å². The number of hydrogen-bond acceptors (Lipinski definition) is 6. The van der Waals surface area contributed by atoms with Crippen molar-refractivity contribution in [1.29, 1.82) is 0 Å². The zero-order valence-electron chi connectivity index (χ0n) is 10.6. The first-order valence-electron chi connectivity index (χ1n) is 5.50. The van der Waals surface area contributed by atoms with Gasteiger partial charge in [-0.2, -0.15) is 0 Å². The van der Waals surface area contributed by atoms with Gasteiger partial charge < -0.3 is 5.11 Å². The van der Waals surface area contributed by atoms with Crippen molar-refractivity contribution in [2.45, 2.75) is 22.8 Å². The monoisotopic (exact) mass is 322 g/mol. The van der Waals surface area contributed by atoms with Gasteiger partial charge in [0.1, 0.15) is 4.90 Å². The molecular formula is C10H14N2O6S2. The molecule has 8 nitrogen and oxygen atoms in total. The molecule has 0 saturated carbocycles. The van der Waals surface area contributed by atoms with Gasteiger partial charge >= 0.3 is 5.97 Å². The molecule has 0 aromatic carbocycles. The van der Waals surface area contributed by atoms with Crippen molar-refractivity contribution in [3.8, 4) is 0 Å². The van der Waals surface area contributed by atoms with Crippen molar-refractivity contribution in [2.75, 3.05) is 12.8 Å². The number of aromatic nitrogens is 1. The normalized spacial score (nSPS) is 12.2. The number of carboxylic acid groups (broad SMARTS) is 1. The summed E-state index contributed by atoms with van der Waals surface area (Å²) in [5.41, 5.74) is 0. The Morgan fingerprint density at radius 2 is 1.95 bits per heavy atom. The minimum Gasteiger partial charge on any atom is -0.481 e. The minimum atomic E-state index is -3.82. The summed E-state index contributed by atoms with van der Waals surface area (Å²) in [6.07, 6.45) is 1.92. The Bertz CT molecular complexity index is 679. The predicted molar refractivity (Wildman–Crippen MR) is 69.4 cm³/mol. The lowest BCUT2D eigenvalue weighted by Crippen LogP contribution is -2.25.